The van der Waals surface area contributed by atoms with Crippen molar-refractivity contribution < 1.29 is 9.53 Å². The van der Waals surface area contributed by atoms with Crippen molar-refractivity contribution in [2.24, 2.45) is 5.92 Å². The summed E-state index contributed by atoms with van der Waals surface area (Å²) in [6.45, 7) is 13.3. The summed E-state index contributed by atoms with van der Waals surface area (Å²) in [6, 6.07) is 0. The molecule has 2 nitrogen and oxygen atoms in total. The zero-order chi connectivity index (χ0) is 12.3. The lowest BCUT2D eigenvalue weighted by Crippen LogP contribution is -2.38. The molecule has 1 aliphatic rings. The van der Waals surface area contributed by atoms with Gasteiger partial charge in [-0.1, -0.05) is 18.7 Å². The summed E-state index contributed by atoms with van der Waals surface area (Å²) in [5.74, 6) is 0.0956. The molecule has 16 heavy (non-hydrogen) atoms. The Bertz CT molecular complexity index is 313. The van der Waals surface area contributed by atoms with Gasteiger partial charge in [-0.15, -0.1) is 0 Å². The summed E-state index contributed by atoms with van der Waals surface area (Å²) in [5.41, 5.74) is 1.32. The molecule has 0 heterocycles. The van der Waals surface area contributed by atoms with E-state index in [0.717, 1.165) is 25.7 Å². The van der Waals surface area contributed by atoms with E-state index in [4.69, 9.17) is 4.74 Å². The molecule has 0 spiro atoms. The van der Waals surface area contributed by atoms with Gasteiger partial charge in [0, 0.05) is 11.5 Å². The molecule has 0 aromatic carbocycles. The fraction of sp³-hybridized carbons (Fsp3) is 0.643. The van der Waals surface area contributed by atoms with Crippen molar-refractivity contribution in [1.29, 1.82) is 0 Å². The van der Waals surface area contributed by atoms with E-state index < -0.39 is 5.60 Å². The Labute approximate surface area is 98.4 Å². The molecule has 0 radical (unpaired) electrons. The van der Waals surface area contributed by atoms with Crippen LogP contribution in [0.3, 0.4) is 0 Å². The van der Waals surface area contributed by atoms with E-state index in [1.807, 2.05) is 13.8 Å². The van der Waals surface area contributed by atoms with E-state index in [-0.39, 0.29) is 5.97 Å². The molecule has 1 rings (SSSR count). The molecule has 1 unspecified atom stereocenters. The fourth-order valence-corrected chi connectivity index (χ4v) is 2.15. The normalized spacial score (nSPS) is 21.7. The standard InChI is InChI=1S/C14H22O2/c1-10(2)13(15)16-14(4,5)12-8-6-7-11(3)9-12/h12H,1,3,6-9H2,2,4-5H3. The molecule has 0 N–H and O–H groups in total. The second-order valence-electron chi connectivity index (χ2n) is 5.32. The first-order valence-corrected chi connectivity index (χ1v) is 5.88. The van der Waals surface area contributed by atoms with Crippen molar-refractivity contribution in [3.05, 3.63) is 24.3 Å². The summed E-state index contributed by atoms with van der Waals surface area (Å²) in [6.07, 6.45) is 4.34. The average Bonchev–Trinajstić information content (AvgIpc) is 2.17. The molecule has 0 saturated heterocycles. The van der Waals surface area contributed by atoms with Gasteiger partial charge in [-0.25, -0.2) is 4.79 Å². The molecule has 1 fully saturated rings. The predicted octanol–water partition coefficient (Wildman–Crippen LogP) is 3.63. The van der Waals surface area contributed by atoms with E-state index in [9.17, 15) is 4.79 Å². The highest BCUT2D eigenvalue weighted by molar-refractivity contribution is 5.87. The van der Waals surface area contributed by atoms with Gasteiger partial charge in [0.05, 0.1) is 0 Å². The molecule has 1 atom stereocenters. The summed E-state index contributed by atoms with van der Waals surface area (Å²) in [5, 5.41) is 0. The highest BCUT2D eigenvalue weighted by Gasteiger charge is 2.34. The zero-order valence-corrected chi connectivity index (χ0v) is 10.6. The van der Waals surface area contributed by atoms with Crippen molar-refractivity contribution in [1.82, 2.24) is 0 Å². The maximum atomic E-state index is 11.5. The van der Waals surface area contributed by atoms with Crippen LogP contribution < -0.4 is 0 Å². The number of hydrogen-bond donors (Lipinski definition) is 0. The minimum Gasteiger partial charge on any atom is -0.456 e. The molecular weight excluding hydrogens is 200 g/mol. The van der Waals surface area contributed by atoms with Crippen molar-refractivity contribution >= 4 is 5.97 Å². The third-order valence-corrected chi connectivity index (χ3v) is 3.31. The van der Waals surface area contributed by atoms with Crippen molar-refractivity contribution in [3.8, 4) is 0 Å². The maximum Gasteiger partial charge on any atom is 0.333 e. The van der Waals surface area contributed by atoms with E-state index in [0.29, 0.717) is 11.5 Å². The van der Waals surface area contributed by atoms with Gasteiger partial charge in [-0.2, -0.15) is 0 Å². The molecule has 0 aromatic heterocycles. The van der Waals surface area contributed by atoms with E-state index in [1.54, 1.807) is 6.92 Å². The molecule has 1 saturated carbocycles. The van der Waals surface area contributed by atoms with Gasteiger partial charge in [0.25, 0.3) is 0 Å². The Balaban J connectivity index is 2.65. The van der Waals surface area contributed by atoms with Gasteiger partial charge >= 0.3 is 5.97 Å². The highest BCUT2D eigenvalue weighted by Crippen LogP contribution is 2.36. The highest BCUT2D eigenvalue weighted by atomic mass is 16.6. The number of ether oxygens (including phenoxy) is 1. The summed E-state index contributed by atoms with van der Waals surface area (Å²) in [4.78, 5) is 11.5. The van der Waals surface area contributed by atoms with E-state index in [2.05, 4.69) is 13.2 Å². The van der Waals surface area contributed by atoms with Crippen LogP contribution in [0.4, 0.5) is 0 Å². The predicted molar refractivity (Wildman–Crippen MR) is 66.1 cm³/mol. The van der Waals surface area contributed by atoms with Gasteiger partial charge in [-0.3, -0.25) is 0 Å². The van der Waals surface area contributed by atoms with Gasteiger partial charge in [0.1, 0.15) is 5.60 Å². The number of carbonyl (C=O) groups excluding carboxylic acids is 1. The second kappa shape index (κ2) is 4.86. The molecule has 90 valence electrons. The topological polar surface area (TPSA) is 26.3 Å². The Kier molecular flexibility index (Phi) is 3.95. The second-order valence-corrected chi connectivity index (χ2v) is 5.32. The lowest BCUT2D eigenvalue weighted by atomic mass is 9.77. The number of hydrogen-bond acceptors (Lipinski definition) is 2. The summed E-state index contributed by atoms with van der Waals surface area (Å²) < 4.78 is 5.51. The van der Waals surface area contributed by atoms with Crippen molar-refractivity contribution in [3.63, 3.8) is 0 Å². The van der Waals surface area contributed by atoms with Crippen molar-refractivity contribution in [2.75, 3.05) is 0 Å². The van der Waals surface area contributed by atoms with Gasteiger partial charge in [0.2, 0.25) is 0 Å². The van der Waals surface area contributed by atoms with Gasteiger partial charge in [0.15, 0.2) is 0 Å². The molecule has 1 aliphatic carbocycles. The third kappa shape index (κ3) is 3.22. The monoisotopic (exact) mass is 222 g/mol. The first-order valence-electron chi connectivity index (χ1n) is 5.88. The maximum absolute atomic E-state index is 11.5. The molecule has 2 heteroatoms. The molecule has 0 amide bonds. The largest absolute Gasteiger partial charge is 0.456 e. The molecule has 0 aromatic rings. The van der Waals surface area contributed by atoms with Crippen LogP contribution in [0.25, 0.3) is 0 Å². The van der Waals surface area contributed by atoms with Crippen LogP contribution in [0, 0.1) is 5.92 Å². The number of rotatable bonds is 3. The van der Waals surface area contributed by atoms with Crippen LogP contribution in [0.15, 0.2) is 24.3 Å². The number of esters is 1. The van der Waals surface area contributed by atoms with Gasteiger partial charge < -0.3 is 4.74 Å². The van der Waals surface area contributed by atoms with Gasteiger partial charge in [-0.05, 0) is 46.5 Å². The lowest BCUT2D eigenvalue weighted by Gasteiger charge is -2.37. The SMILES string of the molecule is C=C1CCCC(C(C)(C)OC(=O)C(=C)C)C1. The third-order valence-electron chi connectivity index (χ3n) is 3.31. The van der Waals surface area contributed by atoms with Crippen LogP contribution in [0.2, 0.25) is 0 Å². The first-order chi connectivity index (χ1) is 7.33. The summed E-state index contributed by atoms with van der Waals surface area (Å²) in [7, 11) is 0. The van der Waals surface area contributed by atoms with E-state index >= 15 is 0 Å². The van der Waals surface area contributed by atoms with E-state index in [1.165, 1.54) is 5.57 Å². The van der Waals surface area contributed by atoms with Crippen LogP contribution in [-0.2, 0) is 9.53 Å². The summed E-state index contributed by atoms with van der Waals surface area (Å²) >= 11 is 0. The van der Waals surface area contributed by atoms with Crippen LogP contribution in [-0.4, -0.2) is 11.6 Å². The Morgan fingerprint density at radius 1 is 1.50 bits per heavy atom. The minimum absolute atomic E-state index is 0.291. The molecular formula is C14H22O2. The van der Waals surface area contributed by atoms with Crippen LogP contribution >= 0.6 is 0 Å². The molecule has 0 bridgehead atoms. The quantitative estimate of drug-likeness (QED) is 0.414. The Morgan fingerprint density at radius 3 is 2.62 bits per heavy atom. The van der Waals surface area contributed by atoms with Crippen LogP contribution in [0.1, 0.15) is 46.5 Å². The fourth-order valence-electron chi connectivity index (χ4n) is 2.15. The van der Waals surface area contributed by atoms with Crippen LogP contribution in [0.5, 0.6) is 0 Å². The number of carbonyl (C=O) groups is 1. The number of allylic oxidation sites excluding steroid dienone is 1. The minimum atomic E-state index is -0.417. The Hall–Kier alpha value is -1.05. The molecule has 0 aliphatic heterocycles. The zero-order valence-electron chi connectivity index (χ0n) is 10.6. The Morgan fingerprint density at radius 2 is 2.12 bits per heavy atom. The lowest BCUT2D eigenvalue weighted by molar-refractivity contribution is -0.157. The average molecular weight is 222 g/mol. The smallest absolute Gasteiger partial charge is 0.333 e. The van der Waals surface area contributed by atoms with Crippen molar-refractivity contribution in [2.45, 2.75) is 52.1 Å². The first kappa shape index (κ1) is 13.0.